The lowest BCUT2D eigenvalue weighted by Gasteiger charge is -2.33. The molecule has 0 radical (unpaired) electrons. The number of hydrogen-bond acceptors (Lipinski definition) is 6. The lowest BCUT2D eigenvalue weighted by molar-refractivity contribution is 0.337. The van der Waals surface area contributed by atoms with Crippen LogP contribution in [0.4, 0.5) is 0 Å². The average molecular weight is 219 g/mol. The van der Waals surface area contributed by atoms with Crippen LogP contribution in [0.3, 0.4) is 0 Å². The largest absolute Gasteiger partial charge is 0.278 e. The van der Waals surface area contributed by atoms with Gasteiger partial charge in [0.15, 0.2) is 0 Å². The Labute approximate surface area is 87.3 Å². The second kappa shape index (κ2) is 5.00. The van der Waals surface area contributed by atoms with Crippen LogP contribution in [-0.2, 0) is 0 Å². The maximum absolute atomic E-state index is 4.80. The molecule has 66 valence electrons. The molecule has 1 aliphatic heterocycles. The molecule has 0 spiro atoms. The van der Waals surface area contributed by atoms with Gasteiger partial charge in [-0.2, -0.15) is 0 Å². The molecule has 0 aromatic heterocycles. The first-order valence-corrected chi connectivity index (χ1v) is 4.85. The van der Waals surface area contributed by atoms with Gasteiger partial charge in [-0.3, -0.25) is 16.0 Å². The van der Waals surface area contributed by atoms with Gasteiger partial charge in [0, 0.05) is 16.1 Å². The second-order valence-electron chi connectivity index (χ2n) is 2.34. The highest BCUT2D eigenvalue weighted by Crippen LogP contribution is 1.90. The molecule has 1 fully saturated rings. The third-order valence-corrected chi connectivity index (χ3v) is 2.30. The van der Waals surface area contributed by atoms with Gasteiger partial charge in [0.25, 0.3) is 0 Å². The van der Waals surface area contributed by atoms with Crippen LogP contribution in [0.1, 0.15) is 0 Å². The van der Waals surface area contributed by atoms with Crippen molar-refractivity contribution < 1.29 is 0 Å². The Morgan fingerprint density at radius 1 is 0.667 bits per heavy atom. The lowest BCUT2D eigenvalue weighted by atomic mass is 10.3. The summed E-state index contributed by atoms with van der Waals surface area (Å²) in [6.07, 6.45) is -0.0565. The molecule has 12 heavy (non-hydrogen) atoms. The van der Waals surface area contributed by atoms with Crippen molar-refractivity contribution in [3.05, 3.63) is 0 Å². The van der Waals surface area contributed by atoms with Crippen molar-refractivity contribution in [1.82, 2.24) is 16.0 Å². The summed E-state index contributed by atoms with van der Waals surface area (Å²) in [5, 5.41) is 14.2. The highest BCUT2D eigenvalue weighted by molar-refractivity contribution is 7.79. The molecule has 0 amide bonds. The van der Waals surface area contributed by atoms with Crippen LogP contribution < -0.4 is 16.0 Å². The highest BCUT2D eigenvalue weighted by Gasteiger charge is 2.21. The van der Waals surface area contributed by atoms with Crippen LogP contribution in [0.2, 0.25) is 0 Å². The minimum atomic E-state index is -0.0188. The van der Waals surface area contributed by atoms with Gasteiger partial charge in [-0.1, -0.05) is 36.7 Å². The molecule has 0 aromatic rings. The molecule has 0 unspecified atom stereocenters. The minimum absolute atomic E-state index is 0.0188. The van der Waals surface area contributed by atoms with Crippen LogP contribution >= 0.6 is 36.7 Å². The molecule has 0 atom stereocenters. The fourth-order valence-electron chi connectivity index (χ4n) is 0.960. The molecular weight excluding hydrogens is 210 g/mol. The van der Waals surface area contributed by atoms with Crippen molar-refractivity contribution in [1.29, 1.82) is 0 Å². The number of thiocarbonyl (C=S) groups is 3. The fourth-order valence-corrected chi connectivity index (χ4v) is 1.43. The number of nitrogens with one attached hydrogen (secondary N) is 3. The molecule has 0 aliphatic carbocycles. The van der Waals surface area contributed by atoms with Crippen molar-refractivity contribution in [3.8, 4) is 0 Å². The zero-order valence-corrected chi connectivity index (χ0v) is 8.64. The Morgan fingerprint density at radius 3 is 1.08 bits per heavy atom. The number of hydrogen-bond donors (Lipinski definition) is 3. The maximum atomic E-state index is 4.80. The topological polar surface area (TPSA) is 36.1 Å². The van der Waals surface area contributed by atoms with Gasteiger partial charge in [-0.05, 0) is 0 Å². The highest BCUT2D eigenvalue weighted by atomic mass is 32.1. The van der Waals surface area contributed by atoms with Gasteiger partial charge in [0.1, 0.15) is 0 Å². The summed E-state index contributed by atoms with van der Waals surface area (Å²) in [6.45, 7) is 0. The van der Waals surface area contributed by atoms with Crippen LogP contribution in [0, 0.1) is 0 Å². The van der Waals surface area contributed by atoms with E-state index in [0.717, 1.165) is 0 Å². The Kier molecular flexibility index (Phi) is 4.27. The first kappa shape index (κ1) is 10.2. The summed E-state index contributed by atoms with van der Waals surface area (Å²) in [4.78, 5) is 0. The summed E-state index contributed by atoms with van der Waals surface area (Å²) in [7, 11) is 0. The van der Waals surface area contributed by atoms with E-state index >= 15 is 0 Å². The van der Waals surface area contributed by atoms with Gasteiger partial charge in [-0.15, -0.1) is 0 Å². The molecule has 6 heteroatoms. The Bertz CT molecular complexity index is 157. The van der Waals surface area contributed by atoms with E-state index in [2.05, 4.69) is 16.0 Å². The van der Waals surface area contributed by atoms with E-state index in [0.29, 0.717) is 0 Å². The molecule has 1 saturated heterocycles. The Balaban J connectivity index is 2.57. The summed E-state index contributed by atoms with van der Waals surface area (Å²) in [5.74, 6) is 0. The first-order chi connectivity index (χ1) is 5.80. The number of rotatable bonds is 3. The molecule has 1 rings (SSSR count). The zero-order valence-electron chi connectivity index (χ0n) is 6.19. The van der Waals surface area contributed by atoms with Crippen molar-refractivity contribution >= 4 is 52.8 Å². The van der Waals surface area contributed by atoms with Crippen LogP contribution in [0.15, 0.2) is 0 Å². The smallest absolute Gasteiger partial charge is 0.0897 e. The molecular formula is C6H9N3S3. The van der Waals surface area contributed by atoms with E-state index in [1.54, 1.807) is 16.1 Å². The fraction of sp³-hybridized carbons (Fsp3) is 0.500. The zero-order chi connectivity index (χ0) is 8.97. The standard InChI is InChI=1S/C6H9N3S3/c10-1-4-7-5(2-11)9-6(3-12)8-4/h1-9H. The van der Waals surface area contributed by atoms with Gasteiger partial charge < -0.3 is 0 Å². The van der Waals surface area contributed by atoms with Crippen molar-refractivity contribution in [2.45, 2.75) is 18.5 Å². The molecule has 0 aromatic carbocycles. The quantitative estimate of drug-likeness (QED) is 0.568. The second-order valence-corrected chi connectivity index (χ2v) is 3.16. The van der Waals surface area contributed by atoms with Crippen LogP contribution in [0.25, 0.3) is 0 Å². The Hall–Kier alpha value is 0.150. The van der Waals surface area contributed by atoms with Crippen LogP contribution in [-0.4, -0.2) is 34.6 Å². The first-order valence-electron chi connectivity index (χ1n) is 3.44. The normalized spacial score (nSPS) is 35.5. The SMILES string of the molecule is S=CC1NC(C=S)NC(C=S)N1. The predicted molar refractivity (Wildman–Crippen MR) is 61.7 cm³/mol. The molecule has 3 nitrogen and oxygen atoms in total. The van der Waals surface area contributed by atoms with Gasteiger partial charge in [-0.25, -0.2) is 0 Å². The van der Waals surface area contributed by atoms with Crippen molar-refractivity contribution in [3.63, 3.8) is 0 Å². The van der Waals surface area contributed by atoms with E-state index in [9.17, 15) is 0 Å². The lowest BCUT2D eigenvalue weighted by Crippen LogP contribution is -2.68. The average Bonchev–Trinajstić information content (AvgIpc) is 2.16. The molecule has 0 bridgehead atoms. The van der Waals surface area contributed by atoms with Gasteiger partial charge in [0.05, 0.1) is 18.5 Å². The molecule has 3 N–H and O–H groups in total. The molecule has 1 heterocycles. The molecule has 0 saturated carbocycles. The third kappa shape index (κ3) is 2.58. The van der Waals surface area contributed by atoms with E-state index in [1.807, 2.05) is 0 Å². The van der Waals surface area contributed by atoms with E-state index in [-0.39, 0.29) is 18.5 Å². The predicted octanol–water partition coefficient (Wildman–Crippen LogP) is -0.254. The summed E-state index contributed by atoms with van der Waals surface area (Å²) in [5.41, 5.74) is 0. The van der Waals surface area contributed by atoms with Gasteiger partial charge in [0.2, 0.25) is 0 Å². The van der Waals surface area contributed by atoms with E-state index in [4.69, 9.17) is 36.7 Å². The summed E-state index contributed by atoms with van der Waals surface area (Å²) >= 11 is 14.4. The minimum Gasteiger partial charge on any atom is -0.278 e. The third-order valence-electron chi connectivity index (χ3n) is 1.49. The Morgan fingerprint density at radius 2 is 0.917 bits per heavy atom. The van der Waals surface area contributed by atoms with Crippen molar-refractivity contribution in [2.24, 2.45) is 0 Å². The van der Waals surface area contributed by atoms with Gasteiger partial charge >= 0.3 is 0 Å². The van der Waals surface area contributed by atoms with E-state index in [1.165, 1.54) is 0 Å². The maximum Gasteiger partial charge on any atom is 0.0897 e. The summed E-state index contributed by atoms with van der Waals surface area (Å²) in [6, 6.07) is 0. The summed E-state index contributed by atoms with van der Waals surface area (Å²) < 4.78 is 0. The monoisotopic (exact) mass is 219 g/mol. The molecule has 1 aliphatic rings. The van der Waals surface area contributed by atoms with Crippen molar-refractivity contribution in [2.75, 3.05) is 0 Å². The van der Waals surface area contributed by atoms with E-state index < -0.39 is 0 Å². The van der Waals surface area contributed by atoms with Crippen LogP contribution in [0.5, 0.6) is 0 Å².